The summed E-state index contributed by atoms with van der Waals surface area (Å²) in [7, 11) is 0. The lowest BCUT2D eigenvalue weighted by atomic mass is 10.3. The van der Waals surface area contributed by atoms with Crippen molar-refractivity contribution in [3.63, 3.8) is 0 Å². The maximum absolute atomic E-state index is 11.6. The van der Waals surface area contributed by atoms with E-state index in [9.17, 15) is 9.59 Å². The molecule has 2 heterocycles. The Morgan fingerprint density at radius 1 is 1.37 bits per heavy atom. The van der Waals surface area contributed by atoms with Crippen LogP contribution in [0.5, 0.6) is 0 Å². The van der Waals surface area contributed by atoms with E-state index in [1.807, 2.05) is 22.6 Å². The van der Waals surface area contributed by atoms with E-state index in [0.29, 0.717) is 10.6 Å². The van der Waals surface area contributed by atoms with Gasteiger partial charge in [0.1, 0.15) is 5.76 Å². The van der Waals surface area contributed by atoms with Crippen molar-refractivity contribution in [2.75, 3.05) is 6.61 Å². The number of ketones is 1. The minimum absolute atomic E-state index is 0.204. The van der Waals surface area contributed by atoms with E-state index in [4.69, 9.17) is 9.15 Å². The van der Waals surface area contributed by atoms with E-state index in [0.717, 1.165) is 3.77 Å². The zero-order valence-corrected chi connectivity index (χ0v) is 12.6. The van der Waals surface area contributed by atoms with E-state index >= 15 is 0 Å². The zero-order chi connectivity index (χ0) is 13.7. The summed E-state index contributed by atoms with van der Waals surface area (Å²) < 4.78 is 10.8. The number of esters is 1. The van der Waals surface area contributed by atoms with Crippen LogP contribution < -0.4 is 0 Å². The lowest BCUT2D eigenvalue weighted by Crippen LogP contribution is -2.11. The molecule has 0 bridgehead atoms. The smallest absolute Gasteiger partial charge is 0.331 e. The SMILES string of the molecule is O=C(/C=C/c1ccc(I)o1)OCC(=O)c1cccs1. The third kappa shape index (κ3) is 4.32. The van der Waals surface area contributed by atoms with Gasteiger partial charge in [0, 0.05) is 6.08 Å². The lowest BCUT2D eigenvalue weighted by Gasteiger charge is -1.98. The number of hydrogen-bond donors (Lipinski definition) is 0. The molecular weight excluding hydrogens is 379 g/mol. The number of carbonyl (C=O) groups excluding carboxylic acids is 2. The van der Waals surface area contributed by atoms with E-state index in [1.165, 1.54) is 23.5 Å². The van der Waals surface area contributed by atoms with Crippen LogP contribution >= 0.6 is 33.9 Å². The number of ether oxygens (including phenoxy) is 1. The molecule has 0 fully saturated rings. The zero-order valence-electron chi connectivity index (χ0n) is 9.67. The number of furan rings is 1. The molecule has 0 spiro atoms. The largest absolute Gasteiger partial charge is 0.454 e. The first kappa shape index (κ1) is 14.0. The molecule has 4 nitrogen and oxygen atoms in total. The molecule has 0 unspecified atom stereocenters. The van der Waals surface area contributed by atoms with Crippen molar-refractivity contribution in [1.29, 1.82) is 0 Å². The van der Waals surface area contributed by atoms with Gasteiger partial charge < -0.3 is 9.15 Å². The highest BCUT2D eigenvalue weighted by molar-refractivity contribution is 14.1. The summed E-state index contributed by atoms with van der Waals surface area (Å²) in [6.45, 7) is -0.251. The fourth-order valence-corrected chi connectivity index (χ4v) is 2.35. The molecule has 0 atom stereocenters. The average Bonchev–Trinajstić information content (AvgIpc) is 3.04. The summed E-state index contributed by atoms with van der Waals surface area (Å²) in [5.74, 6) is -0.216. The highest BCUT2D eigenvalue weighted by Crippen LogP contribution is 2.12. The second kappa shape index (κ2) is 6.67. The van der Waals surface area contributed by atoms with E-state index in [2.05, 4.69) is 0 Å². The molecular formula is C13H9IO4S. The first-order valence-corrected chi connectivity index (χ1v) is 7.28. The Morgan fingerprint density at radius 2 is 2.21 bits per heavy atom. The van der Waals surface area contributed by atoms with Gasteiger partial charge in [0.2, 0.25) is 5.78 Å². The highest BCUT2D eigenvalue weighted by atomic mass is 127. The number of Topliss-reactive ketones (excluding diaryl/α,β-unsaturated/α-hetero) is 1. The van der Waals surface area contributed by atoms with Crippen LogP contribution in [-0.4, -0.2) is 18.4 Å². The fraction of sp³-hybridized carbons (Fsp3) is 0.0769. The Balaban J connectivity index is 1.82. The minimum Gasteiger partial charge on any atom is -0.454 e. The molecule has 0 aliphatic rings. The van der Waals surface area contributed by atoms with Crippen molar-refractivity contribution in [3.8, 4) is 0 Å². The van der Waals surface area contributed by atoms with Crippen molar-refractivity contribution in [1.82, 2.24) is 0 Å². The van der Waals surface area contributed by atoms with Gasteiger partial charge in [-0.15, -0.1) is 11.3 Å². The van der Waals surface area contributed by atoms with E-state index < -0.39 is 5.97 Å². The minimum atomic E-state index is -0.573. The van der Waals surface area contributed by atoms with Crippen LogP contribution in [0.2, 0.25) is 0 Å². The normalized spacial score (nSPS) is 10.8. The van der Waals surface area contributed by atoms with Crippen molar-refractivity contribution < 1.29 is 18.7 Å². The van der Waals surface area contributed by atoms with Crippen LogP contribution in [0.15, 0.2) is 40.1 Å². The molecule has 0 aliphatic heterocycles. The highest BCUT2D eigenvalue weighted by Gasteiger charge is 2.09. The quantitative estimate of drug-likeness (QED) is 0.341. The topological polar surface area (TPSA) is 56.5 Å². The number of carbonyl (C=O) groups is 2. The first-order chi connectivity index (χ1) is 9.15. The molecule has 0 saturated carbocycles. The second-order valence-corrected chi connectivity index (χ2v) is 5.49. The monoisotopic (exact) mass is 388 g/mol. The molecule has 2 rings (SSSR count). The second-order valence-electron chi connectivity index (χ2n) is 3.48. The van der Waals surface area contributed by atoms with Gasteiger partial charge in [-0.1, -0.05) is 6.07 Å². The Bertz CT molecular complexity index is 598. The van der Waals surface area contributed by atoms with Crippen molar-refractivity contribution in [2.45, 2.75) is 0 Å². The summed E-state index contributed by atoms with van der Waals surface area (Å²) in [6, 6.07) is 6.99. The van der Waals surface area contributed by atoms with E-state index in [-0.39, 0.29) is 12.4 Å². The molecule has 0 aliphatic carbocycles. The van der Waals surface area contributed by atoms with Crippen molar-refractivity contribution >= 4 is 51.8 Å². The maximum atomic E-state index is 11.6. The summed E-state index contributed by atoms with van der Waals surface area (Å²) >= 11 is 3.35. The average molecular weight is 388 g/mol. The molecule has 6 heteroatoms. The van der Waals surface area contributed by atoms with Crippen LogP contribution in [-0.2, 0) is 9.53 Å². The number of hydrogen-bond acceptors (Lipinski definition) is 5. The molecule has 0 radical (unpaired) electrons. The lowest BCUT2D eigenvalue weighted by molar-refractivity contribution is -0.136. The maximum Gasteiger partial charge on any atom is 0.331 e. The fourth-order valence-electron chi connectivity index (χ4n) is 1.26. The molecule has 0 saturated heterocycles. The summed E-state index contributed by atoms with van der Waals surface area (Å²) in [5.41, 5.74) is 0. The molecule has 2 aromatic rings. The van der Waals surface area contributed by atoms with Gasteiger partial charge in [0.05, 0.1) is 4.88 Å². The Kier molecular flexibility index (Phi) is 4.92. The van der Waals surface area contributed by atoms with Gasteiger partial charge >= 0.3 is 5.97 Å². The van der Waals surface area contributed by atoms with Crippen LogP contribution in [0.1, 0.15) is 15.4 Å². The molecule has 19 heavy (non-hydrogen) atoms. The Morgan fingerprint density at radius 3 is 2.84 bits per heavy atom. The molecule has 0 N–H and O–H groups in total. The van der Waals surface area contributed by atoms with Gasteiger partial charge in [0.25, 0.3) is 0 Å². The van der Waals surface area contributed by atoms with Gasteiger partial charge in [-0.3, -0.25) is 4.79 Å². The summed E-state index contributed by atoms with van der Waals surface area (Å²) in [5, 5.41) is 1.80. The van der Waals surface area contributed by atoms with E-state index in [1.54, 1.807) is 29.6 Å². The van der Waals surface area contributed by atoms with Crippen LogP contribution in [0.25, 0.3) is 6.08 Å². The van der Waals surface area contributed by atoms with Crippen molar-refractivity contribution in [3.05, 3.63) is 50.1 Å². The third-order valence-corrected chi connectivity index (χ3v) is 3.61. The van der Waals surface area contributed by atoms with Gasteiger partial charge in [-0.25, -0.2) is 4.79 Å². The Labute approximate surface area is 127 Å². The predicted molar refractivity (Wildman–Crippen MR) is 80.1 cm³/mol. The van der Waals surface area contributed by atoms with Crippen molar-refractivity contribution in [2.24, 2.45) is 0 Å². The first-order valence-electron chi connectivity index (χ1n) is 5.32. The molecule has 2 aromatic heterocycles. The predicted octanol–water partition coefficient (Wildman–Crippen LogP) is 3.39. The van der Waals surface area contributed by atoms with Crippen LogP contribution in [0.3, 0.4) is 0 Å². The molecule has 0 aromatic carbocycles. The van der Waals surface area contributed by atoms with Crippen LogP contribution in [0.4, 0.5) is 0 Å². The van der Waals surface area contributed by atoms with Gasteiger partial charge in [0.15, 0.2) is 10.4 Å². The number of rotatable bonds is 5. The standard InChI is InChI=1S/C13H9IO4S/c14-12-5-3-9(18-12)4-6-13(16)17-8-10(15)11-2-1-7-19-11/h1-7H,8H2/b6-4+. The molecule has 0 amide bonds. The summed E-state index contributed by atoms with van der Waals surface area (Å²) in [4.78, 5) is 23.6. The molecule has 98 valence electrons. The Hall–Kier alpha value is -1.41. The number of thiophene rings is 1. The summed E-state index contributed by atoms with van der Waals surface area (Å²) in [6.07, 6.45) is 2.73. The third-order valence-electron chi connectivity index (χ3n) is 2.12. The number of halogens is 1. The van der Waals surface area contributed by atoms with Gasteiger partial charge in [-0.05, 0) is 52.2 Å². The van der Waals surface area contributed by atoms with Gasteiger partial charge in [-0.2, -0.15) is 0 Å². The van der Waals surface area contributed by atoms with Crippen LogP contribution in [0, 0.1) is 3.77 Å².